The molecule has 0 bridgehead atoms. The van der Waals surface area contributed by atoms with E-state index >= 15 is 0 Å². The average Bonchev–Trinajstić information content (AvgIpc) is 3.59. The van der Waals surface area contributed by atoms with Crippen LogP contribution in [0.3, 0.4) is 0 Å². The van der Waals surface area contributed by atoms with Crippen molar-refractivity contribution in [2.24, 2.45) is 0 Å². The largest absolute Gasteiger partial charge is 1.00 e. The van der Waals surface area contributed by atoms with E-state index in [1.807, 2.05) is 32.2 Å². The van der Waals surface area contributed by atoms with E-state index in [1.54, 1.807) is 51.7 Å². The van der Waals surface area contributed by atoms with Gasteiger partial charge in [0.1, 0.15) is 24.1 Å². The number of hydrogen-bond donors (Lipinski definition) is 1. The molecule has 6 aromatic heterocycles. The Morgan fingerprint density at radius 2 is 1.24 bits per heavy atom. The molecular formula is C27H25LiN6O7. The maximum atomic E-state index is 12.5. The Balaban J connectivity index is 0.000000215. The van der Waals surface area contributed by atoms with Gasteiger partial charge in [-0.05, 0) is 61.4 Å². The van der Waals surface area contributed by atoms with Crippen LogP contribution in [-0.2, 0) is 27.4 Å². The molecule has 14 heteroatoms. The normalized spacial score (nSPS) is 10.6. The van der Waals surface area contributed by atoms with Crippen LogP contribution in [0.15, 0.2) is 70.8 Å². The third-order valence-electron chi connectivity index (χ3n) is 6.44. The van der Waals surface area contributed by atoms with Crippen LogP contribution in [0.1, 0.15) is 11.1 Å². The summed E-state index contributed by atoms with van der Waals surface area (Å²) in [6, 6.07) is 10.7. The molecule has 0 fully saturated rings. The molecular weight excluding hydrogens is 527 g/mol. The number of methoxy groups -OCH3 is 1. The standard InChI is InChI=1S/C14H13N3O3.C13H11N3O3.Li.H2O/c1-9-5-6-15-13-12(9)16-7-3-4-10(16)14(19)17(13)8-11(18)20-2;1-8-4-5-14-12-11(8)15-6-2-3-9(15)13(19)16(12)7-10(17)18;;/h3-7H,8H2,1-2H3;2-6H,7H2,1H3,(H,17,18);;1H2/q;;+1;/p-1. The van der Waals surface area contributed by atoms with Crippen molar-refractivity contribution in [2.45, 2.75) is 26.9 Å². The van der Waals surface area contributed by atoms with Crippen molar-refractivity contribution in [2.75, 3.05) is 7.11 Å². The molecule has 0 saturated carbocycles. The van der Waals surface area contributed by atoms with Gasteiger partial charge in [0, 0.05) is 24.8 Å². The van der Waals surface area contributed by atoms with E-state index in [4.69, 9.17) is 5.11 Å². The number of aromatic nitrogens is 6. The molecule has 206 valence electrons. The number of esters is 1. The van der Waals surface area contributed by atoms with E-state index in [-0.39, 0.29) is 42.0 Å². The summed E-state index contributed by atoms with van der Waals surface area (Å²) in [5.41, 5.74) is 4.70. The van der Waals surface area contributed by atoms with Gasteiger partial charge in [-0.15, -0.1) is 0 Å². The molecule has 0 aromatic carbocycles. The second-order valence-electron chi connectivity index (χ2n) is 8.88. The molecule has 0 atom stereocenters. The molecule has 0 unspecified atom stereocenters. The summed E-state index contributed by atoms with van der Waals surface area (Å²) in [5.74, 6) is -1.55. The van der Waals surface area contributed by atoms with Crippen molar-refractivity contribution in [3.63, 3.8) is 0 Å². The molecule has 13 nitrogen and oxygen atoms in total. The van der Waals surface area contributed by atoms with E-state index in [9.17, 15) is 19.2 Å². The zero-order chi connectivity index (χ0) is 27.8. The fourth-order valence-electron chi connectivity index (χ4n) is 4.65. The average molecular weight is 552 g/mol. The third-order valence-corrected chi connectivity index (χ3v) is 6.44. The number of aryl methyl sites for hydroxylation is 2. The summed E-state index contributed by atoms with van der Waals surface area (Å²) in [7, 11) is 1.30. The molecule has 6 rings (SSSR count). The number of carbonyl (C=O) groups excluding carboxylic acids is 1. The van der Waals surface area contributed by atoms with Crippen molar-refractivity contribution in [1.29, 1.82) is 0 Å². The Morgan fingerprint density at radius 1 is 0.805 bits per heavy atom. The first-order valence-electron chi connectivity index (χ1n) is 11.9. The first kappa shape index (κ1) is 30.8. The quantitative estimate of drug-likeness (QED) is 0.213. The zero-order valence-electron chi connectivity index (χ0n) is 22.8. The van der Waals surface area contributed by atoms with Crippen molar-refractivity contribution < 1.29 is 43.8 Å². The number of hydrogen-bond acceptors (Lipinski definition) is 8. The molecule has 0 aliphatic rings. The second kappa shape index (κ2) is 12.2. The van der Waals surface area contributed by atoms with Gasteiger partial charge in [-0.2, -0.15) is 0 Å². The van der Waals surface area contributed by atoms with Gasteiger partial charge < -0.3 is 24.1 Å². The van der Waals surface area contributed by atoms with Gasteiger partial charge in [0.15, 0.2) is 11.3 Å². The topological polar surface area (TPSA) is 172 Å². The maximum absolute atomic E-state index is 12.5. The van der Waals surface area contributed by atoms with Gasteiger partial charge in [-0.3, -0.25) is 28.3 Å². The molecule has 0 aliphatic heterocycles. The Kier molecular flexibility index (Phi) is 9.19. The molecule has 0 saturated heterocycles. The van der Waals surface area contributed by atoms with Crippen molar-refractivity contribution in [3.8, 4) is 0 Å². The van der Waals surface area contributed by atoms with Gasteiger partial charge in [-0.25, -0.2) is 9.97 Å². The van der Waals surface area contributed by atoms with E-state index < -0.39 is 18.5 Å². The first-order chi connectivity index (χ1) is 18.7. The number of rotatable bonds is 4. The number of aliphatic carboxylic acids is 1. The van der Waals surface area contributed by atoms with Crippen LogP contribution < -0.4 is 30.0 Å². The van der Waals surface area contributed by atoms with E-state index in [0.717, 1.165) is 22.2 Å². The van der Waals surface area contributed by atoms with Crippen molar-refractivity contribution in [3.05, 3.63) is 93.0 Å². The Morgan fingerprint density at radius 3 is 1.66 bits per heavy atom. The summed E-state index contributed by atoms with van der Waals surface area (Å²) in [4.78, 5) is 55.6. The molecule has 0 radical (unpaired) electrons. The predicted molar refractivity (Wildman–Crippen MR) is 145 cm³/mol. The van der Waals surface area contributed by atoms with Crippen LogP contribution in [0.5, 0.6) is 0 Å². The van der Waals surface area contributed by atoms with Gasteiger partial charge in [0.2, 0.25) is 0 Å². The summed E-state index contributed by atoms with van der Waals surface area (Å²) in [5, 5.41) is 8.95. The smallest absolute Gasteiger partial charge is 0.870 e. The Hall–Kier alpha value is -4.70. The van der Waals surface area contributed by atoms with Crippen LogP contribution in [-0.4, -0.2) is 57.5 Å². The number of carbonyl (C=O) groups is 2. The molecule has 6 aromatic rings. The number of pyridine rings is 2. The molecule has 0 amide bonds. The fourth-order valence-corrected chi connectivity index (χ4v) is 4.65. The van der Waals surface area contributed by atoms with E-state index in [1.165, 1.54) is 16.2 Å². The fraction of sp³-hybridized carbons (Fsp3) is 0.185. The number of carboxylic acids is 1. The van der Waals surface area contributed by atoms with Gasteiger partial charge in [0.25, 0.3) is 11.1 Å². The van der Waals surface area contributed by atoms with Crippen LogP contribution >= 0.6 is 0 Å². The number of fused-ring (bicyclic) bond motifs is 6. The predicted octanol–water partition coefficient (Wildman–Crippen LogP) is -1.000. The number of ether oxygens (including phenoxy) is 1. The number of nitrogens with zero attached hydrogens (tertiary/aromatic N) is 6. The van der Waals surface area contributed by atoms with Crippen molar-refractivity contribution >= 4 is 45.3 Å². The second-order valence-corrected chi connectivity index (χ2v) is 8.88. The van der Waals surface area contributed by atoms with Crippen LogP contribution in [0.2, 0.25) is 0 Å². The summed E-state index contributed by atoms with van der Waals surface area (Å²) >= 11 is 0. The van der Waals surface area contributed by atoms with Gasteiger partial charge in [-0.1, -0.05) is 0 Å². The minimum absolute atomic E-state index is 0. The minimum Gasteiger partial charge on any atom is -0.870 e. The molecule has 0 spiro atoms. The zero-order valence-corrected chi connectivity index (χ0v) is 22.8. The Labute approximate surface area is 243 Å². The Bertz CT molecular complexity index is 2040. The summed E-state index contributed by atoms with van der Waals surface area (Å²) < 4.78 is 10.7. The van der Waals surface area contributed by atoms with Crippen LogP contribution in [0, 0.1) is 13.8 Å². The van der Waals surface area contributed by atoms with Crippen LogP contribution in [0.4, 0.5) is 0 Å². The van der Waals surface area contributed by atoms with Crippen LogP contribution in [0.25, 0.3) is 33.4 Å². The van der Waals surface area contributed by atoms with E-state index in [2.05, 4.69) is 14.7 Å². The van der Waals surface area contributed by atoms with Crippen molar-refractivity contribution in [1.82, 2.24) is 27.9 Å². The summed E-state index contributed by atoms with van der Waals surface area (Å²) in [6.07, 6.45) is 6.79. The maximum Gasteiger partial charge on any atom is 1.00 e. The summed E-state index contributed by atoms with van der Waals surface area (Å²) in [6.45, 7) is 3.30. The first-order valence-corrected chi connectivity index (χ1v) is 11.9. The van der Waals surface area contributed by atoms with Gasteiger partial charge in [0.05, 0.1) is 18.1 Å². The number of carboxylic acid groups (broad SMARTS) is 1. The molecule has 41 heavy (non-hydrogen) atoms. The van der Waals surface area contributed by atoms with E-state index in [0.29, 0.717) is 22.3 Å². The monoisotopic (exact) mass is 552 g/mol. The third kappa shape index (κ3) is 5.38. The molecule has 2 N–H and O–H groups in total. The molecule has 6 heterocycles. The molecule has 0 aliphatic carbocycles. The van der Waals surface area contributed by atoms with Gasteiger partial charge >= 0.3 is 30.8 Å². The minimum atomic E-state index is -1.07. The SMILES string of the molecule is COC(=O)Cn1c(=O)c2cccn2c2c(C)ccnc21.Cc1ccnc2c1n1cccc1c(=O)n2CC(=O)O.[Li+].[OH-].